The van der Waals surface area contributed by atoms with Crippen LogP contribution in [0.1, 0.15) is 28.4 Å². The summed E-state index contributed by atoms with van der Waals surface area (Å²) in [5, 5.41) is 4.37. The molecule has 1 atom stereocenters. The Labute approximate surface area is 108 Å². The van der Waals surface area contributed by atoms with Crippen molar-refractivity contribution in [2.45, 2.75) is 26.8 Å². The summed E-state index contributed by atoms with van der Waals surface area (Å²) in [5.41, 5.74) is 1.10. The van der Waals surface area contributed by atoms with E-state index in [-0.39, 0.29) is 6.04 Å². The van der Waals surface area contributed by atoms with Crippen molar-refractivity contribution in [3.05, 3.63) is 31.9 Å². The van der Waals surface area contributed by atoms with E-state index in [0.29, 0.717) is 0 Å². The molecule has 2 aromatic rings. The minimum atomic E-state index is 0.252. The molecule has 0 fully saturated rings. The zero-order chi connectivity index (χ0) is 11.7. The van der Waals surface area contributed by atoms with E-state index in [9.17, 15) is 0 Å². The summed E-state index contributed by atoms with van der Waals surface area (Å²) in [6.07, 6.45) is 0. The van der Waals surface area contributed by atoms with E-state index in [4.69, 9.17) is 11.6 Å². The molecule has 0 saturated heterocycles. The SMILES string of the molecule is Cc1nc(NC(C)c2ccc(Cl)s2)sc1C. The van der Waals surface area contributed by atoms with Gasteiger partial charge in [-0.25, -0.2) is 4.98 Å². The normalized spacial score (nSPS) is 12.8. The monoisotopic (exact) mass is 272 g/mol. The first-order valence-corrected chi connectivity index (χ1v) is 7.03. The summed E-state index contributed by atoms with van der Waals surface area (Å²) in [4.78, 5) is 6.96. The van der Waals surface area contributed by atoms with Gasteiger partial charge >= 0.3 is 0 Å². The molecular weight excluding hydrogens is 260 g/mol. The van der Waals surface area contributed by atoms with E-state index >= 15 is 0 Å². The third-order valence-electron chi connectivity index (χ3n) is 2.39. The molecule has 2 heterocycles. The molecule has 0 saturated carbocycles. The van der Waals surface area contributed by atoms with E-state index in [1.165, 1.54) is 9.75 Å². The molecule has 0 aliphatic carbocycles. The molecule has 1 N–H and O–H groups in total. The maximum Gasteiger partial charge on any atom is 0.183 e. The Morgan fingerprint density at radius 2 is 2.06 bits per heavy atom. The summed E-state index contributed by atoms with van der Waals surface area (Å²) in [6.45, 7) is 6.24. The Bertz CT molecular complexity index is 470. The van der Waals surface area contributed by atoms with Crippen LogP contribution in [0.4, 0.5) is 5.13 Å². The predicted octanol–water partition coefficient (Wildman–Crippen LogP) is 4.65. The molecule has 2 rings (SSSR count). The van der Waals surface area contributed by atoms with Gasteiger partial charge in [-0.15, -0.1) is 22.7 Å². The van der Waals surface area contributed by atoms with Crippen molar-refractivity contribution in [2.24, 2.45) is 0 Å². The average Bonchev–Trinajstić information content (AvgIpc) is 2.75. The molecule has 5 heteroatoms. The number of hydrogen-bond donors (Lipinski definition) is 1. The number of nitrogens with zero attached hydrogens (tertiary/aromatic N) is 1. The molecule has 1 unspecified atom stereocenters. The second-order valence-corrected chi connectivity index (χ2v) is 6.62. The van der Waals surface area contributed by atoms with Crippen LogP contribution in [-0.4, -0.2) is 4.98 Å². The van der Waals surface area contributed by atoms with Gasteiger partial charge in [0.05, 0.1) is 16.1 Å². The zero-order valence-corrected chi connectivity index (χ0v) is 11.8. The highest BCUT2D eigenvalue weighted by Crippen LogP contribution is 2.30. The van der Waals surface area contributed by atoms with Gasteiger partial charge in [0.1, 0.15) is 0 Å². The van der Waals surface area contributed by atoms with Gasteiger partial charge in [-0.1, -0.05) is 11.6 Å². The second kappa shape index (κ2) is 4.73. The first kappa shape index (κ1) is 11.9. The molecule has 86 valence electrons. The van der Waals surface area contributed by atoms with Crippen LogP contribution in [0.2, 0.25) is 4.34 Å². The summed E-state index contributed by atoms with van der Waals surface area (Å²) in [6, 6.07) is 4.23. The molecule has 0 bridgehead atoms. The molecule has 0 aliphatic heterocycles. The van der Waals surface area contributed by atoms with Gasteiger partial charge in [-0.2, -0.15) is 0 Å². The Hall–Kier alpha value is -0.580. The number of thiophene rings is 1. The number of aromatic nitrogens is 1. The van der Waals surface area contributed by atoms with Crippen LogP contribution >= 0.6 is 34.3 Å². The fourth-order valence-electron chi connectivity index (χ4n) is 1.35. The van der Waals surface area contributed by atoms with Gasteiger partial charge in [0.2, 0.25) is 0 Å². The van der Waals surface area contributed by atoms with E-state index in [2.05, 4.69) is 30.2 Å². The minimum absolute atomic E-state index is 0.252. The summed E-state index contributed by atoms with van der Waals surface area (Å²) in [5.74, 6) is 0. The number of nitrogens with one attached hydrogen (secondary N) is 1. The molecule has 2 aromatic heterocycles. The van der Waals surface area contributed by atoms with Gasteiger partial charge in [0.15, 0.2) is 5.13 Å². The maximum atomic E-state index is 5.91. The summed E-state index contributed by atoms with van der Waals surface area (Å²) in [7, 11) is 0. The van der Waals surface area contributed by atoms with Crippen molar-refractivity contribution < 1.29 is 0 Å². The van der Waals surface area contributed by atoms with Crippen molar-refractivity contribution in [3.63, 3.8) is 0 Å². The highest BCUT2D eigenvalue weighted by atomic mass is 35.5. The topological polar surface area (TPSA) is 24.9 Å². The van der Waals surface area contributed by atoms with E-state index in [1.54, 1.807) is 22.7 Å². The average molecular weight is 273 g/mol. The number of aryl methyl sites for hydroxylation is 2. The summed E-state index contributed by atoms with van der Waals surface area (Å²) < 4.78 is 0.829. The lowest BCUT2D eigenvalue weighted by Crippen LogP contribution is -2.04. The Balaban J connectivity index is 2.10. The van der Waals surface area contributed by atoms with Crippen LogP contribution in [0.15, 0.2) is 12.1 Å². The van der Waals surface area contributed by atoms with Crippen LogP contribution in [0.25, 0.3) is 0 Å². The second-order valence-electron chi connectivity index (χ2n) is 3.67. The Morgan fingerprint density at radius 1 is 1.31 bits per heavy atom. The number of hydrogen-bond acceptors (Lipinski definition) is 4. The van der Waals surface area contributed by atoms with Crippen LogP contribution in [0.5, 0.6) is 0 Å². The fraction of sp³-hybridized carbons (Fsp3) is 0.364. The van der Waals surface area contributed by atoms with E-state index in [1.807, 2.05) is 13.0 Å². The van der Waals surface area contributed by atoms with Crippen LogP contribution in [0, 0.1) is 13.8 Å². The first-order chi connectivity index (χ1) is 7.56. The highest BCUT2D eigenvalue weighted by molar-refractivity contribution is 7.16. The fourth-order valence-corrected chi connectivity index (χ4v) is 3.32. The standard InChI is InChI=1S/C11H13ClN2S2/c1-6-8(3)15-11(13-6)14-7(2)9-4-5-10(12)16-9/h4-5,7H,1-3H3,(H,13,14). The highest BCUT2D eigenvalue weighted by Gasteiger charge is 2.10. The van der Waals surface area contributed by atoms with Gasteiger partial charge in [0, 0.05) is 9.75 Å². The molecule has 16 heavy (non-hydrogen) atoms. The molecule has 0 aromatic carbocycles. The van der Waals surface area contributed by atoms with Crippen LogP contribution < -0.4 is 5.32 Å². The molecule has 0 aliphatic rings. The number of anilines is 1. The van der Waals surface area contributed by atoms with Crippen LogP contribution in [-0.2, 0) is 0 Å². The lowest BCUT2D eigenvalue weighted by atomic mass is 10.3. The number of thiazole rings is 1. The van der Waals surface area contributed by atoms with Crippen molar-refractivity contribution >= 4 is 39.4 Å². The number of rotatable bonds is 3. The maximum absolute atomic E-state index is 5.91. The third kappa shape index (κ3) is 2.56. The minimum Gasteiger partial charge on any atom is -0.354 e. The quantitative estimate of drug-likeness (QED) is 0.880. The lowest BCUT2D eigenvalue weighted by Gasteiger charge is -2.10. The van der Waals surface area contributed by atoms with Crippen molar-refractivity contribution in [1.82, 2.24) is 4.98 Å². The van der Waals surface area contributed by atoms with Crippen LogP contribution in [0.3, 0.4) is 0 Å². The zero-order valence-electron chi connectivity index (χ0n) is 9.37. The molecular formula is C11H13ClN2S2. The van der Waals surface area contributed by atoms with Gasteiger partial charge < -0.3 is 5.32 Å². The molecule has 0 amide bonds. The first-order valence-electron chi connectivity index (χ1n) is 5.02. The van der Waals surface area contributed by atoms with Gasteiger partial charge in [-0.3, -0.25) is 0 Å². The van der Waals surface area contributed by atoms with Gasteiger partial charge in [-0.05, 0) is 32.9 Å². The van der Waals surface area contributed by atoms with Crippen molar-refractivity contribution in [3.8, 4) is 0 Å². The van der Waals surface area contributed by atoms with Crippen molar-refractivity contribution in [1.29, 1.82) is 0 Å². The smallest absolute Gasteiger partial charge is 0.183 e. The molecule has 0 spiro atoms. The van der Waals surface area contributed by atoms with E-state index in [0.717, 1.165) is 15.2 Å². The third-order valence-corrected chi connectivity index (χ3v) is 4.81. The summed E-state index contributed by atoms with van der Waals surface area (Å²) >= 11 is 9.21. The Morgan fingerprint density at radius 3 is 2.56 bits per heavy atom. The van der Waals surface area contributed by atoms with Gasteiger partial charge in [0.25, 0.3) is 0 Å². The lowest BCUT2D eigenvalue weighted by molar-refractivity contribution is 0.903. The number of halogens is 1. The Kier molecular flexibility index (Phi) is 3.52. The molecule has 2 nitrogen and oxygen atoms in total. The largest absolute Gasteiger partial charge is 0.354 e. The molecule has 0 radical (unpaired) electrons. The predicted molar refractivity (Wildman–Crippen MR) is 73.0 cm³/mol. The van der Waals surface area contributed by atoms with E-state index < -0.39 is 0 Å². The van der Waals surface area contributed by atoms with Crippen molar-refractivity contribution in [2.75, 3.05) is 5.32 Å².